The molecule has 0 atom stereocenters. The van der Waals surface area contributed by atoms with E-state index >= 15 is 0 Å². The van der Waals surface area contributed by atoms with E-state index in [2.05, 4.69) is 30.3 Å². The maximum Gasteiger partial charge on any atom is 0.430 e. The van der Waals surface area contributed by atoms with Crippen molar-refractivity contribution in [1.29, 1.82) is 0 Å². The molecule has 0 fully saturated rings. The normalized spacial score (nSPS) is 12.2. The number of aliphatic carboxylic acids is 1. The predicted molar refractivity (Wildman–Crippen MR) is 133 cm³/mol. The molecular formula is C19H20F3N9O6S3. The van der Waals surface area contributed by atoms with Crippen molar-refractivity contribution in [1.82, 2.24) is 30.3 Å². The number of rotatable bonds is 8. The molecule has 2 aromatic carbocycles. The summed E-state index contributed by atoms with van der Waals surface area (Å²) in [4.78, 5) is 12.0. The number of carbonyl (C=O) groups excluding carboxylic acids is 1. The summed E-state index contributed by atoms with van der Waals surface area (Å²) in [6.07, 6.45) is -5.19. The highest BCUT2D eigenvalue weighted by Crippen LogP contribution is 2.41. The number of nitrogens with zero attached hydrogens (tertiary/aromatic N) is 4. The quantitative estimate of drug-likeness (QED) is 0.136. The Bertz CT molecular complexity index is 1740. The number of para-hydroxylation sites is 1. The summed E-state index contributed by atoms with van der Waals surface area (Å²) >= 11 is 1.26. The zero-order valence-electron chi connectivity index (χ0n) is 20.1. The van der Waals surface area contributed by atoms with Crippen molar-refractivity contribution in [2.24, 2.45) is 5.14 Å². The van der Waals surface area contributed by atoms with E-state index in [-0.39, 0.29) is 17.9 Å². The van der Waals surface area contributed by atoms with E-state index in [9.17, 15) is 30.0 Å². The summed E-state index contributed by atoms with van der Waals surface area (Å²) in [5.41, 5.74) is 7.07. The molecule has 0 spiro atoms. The Hall–Kier alpha value is -3.76. The second kappa shape index (κ2) is 11.8. The fourth-order valence-electron chi connectivity index (χ4n) is 3.37. The van der Waals surface area contributed by atoms with Crippen LogP contribution >= 0.6 is 11.3 Å². The van der Waals surface area contributed by atoms with Crippen LogP contribution in [0.3, 0.4) is 0 Å². The molecule has 0 amide bonds. The van der Waals surface area contributed by atoms with Crippen LogP contribution in [0.2, 0.25) is 0 Å². The first-order valence-electron chi connectivity index (χ1n) is 10.7. The molecule has 0 unspecified atom stereocenters. The molecule has 0 aliphatic heterocycles. The molecule has 0 aliphatic rings. The van der Waals surface area contributed by atoms with Gasteiger partial charge in [0.25, 0.3) is 0 Å². The molecule has 4 aromatic rings. The number of thiazole rings is 1. The van der Waals surface area contributed by atoms with Crippen LogP contribution in [0, 0.1) is 0 Å². The maximum atomic E-state index is 13.0. The Morgan fingerprint density at radius 1 is 1.18 bits per heavy atom. The number of nitrogens with two attached hydrogens (primary N) is 3. The molecule has 21 heteroatoms. The van der Waals surface area contributed by atoms with Gasteiger partial charge in [0.15, 0.2) is 5.13 Å². The van der Waals surface area contributed by atoms with Crippen molar-refractivity contribution in [3.8, 4) is 22.5 Å². The van der Waals surface area contributed by atoms with E-state index in [0.29, 0.717) is 28.3 Å². The van der Waals surface area contributed by atoms with E-state index in [4.69, 9.17) is 20.8 Å². The first-order chi connectivity index (χ1) is 18.6. The molecule has 8 N–H and O–H groups in total. The molecule has 40 heavy (non-hydrogen) atoms. The third kappa shape index (κ3) is 6.86. The van der Waals surface area contributed by atoms with Crippen molar-refractivity contribution in [3.05, 3.63) is 30.3 Å². The van der Waals surface area contributed by atoms with Gasteiger partial charge in [0.2, 0.25) is 25.9 Å². The number of aromatic amines is 1. The predicted octanol–water partition coefficient (Wildman–Crippen LogP) is -1.86. The number of nitrogen functional groups attached to an aromatic ring is 1. The number of alkyl halides is 3. The fraction of sp³-hybridized carbons (Fsp3) is 0.211. The van der Waals surface area contributed by atoms with Gasteiger partial charge >= 0.3 is 6.18 Å². The van der Waals surface area contributed by atoms with Crippen LogP contribution in [-0.4, -0.2) is 74.7 Å². The zero-order chi connectivity index (χ0) is 29.9. The Kier molecular flexibility index (Phi) is 9.06. The number of anilines is 1. The lowest BCUT2D eigenvalue weighted by Gasteiger charge is -2.16. The van der Waals surface area contributed by atoms with Gasteiger partial charge in [-0.05, 0) is 22.9 Å². The molecule has 15 nitrogen and oxygen atoms in total. The van der Waals surface area contributed by atoms with Crippen LogP contribution in [0.15, 0.2) is 40.1 Å². The third-order valence-corrected chi connectivity index (χ3v) is 8.42. The summed E-state index contributed by atoms with van der Waals surface area (Å²) in [6, 6.07) is 7.92. The van der Waals surface area contributed by atoms with E-state index in [0.717, 1.165) is 4.70 Å². The van der Waals surface area contributed by atoms with Gasteiger partial charge in [-0.2, -0.15) is 18.4 Å². The number of primary sulfonamides is 1. The van der Waals surface area contributed by atoms with E-state index < -0.39 is 42.0 Å². The molecule has 0 aliphatic carbocycles. The van der Waals surface area contributed by atoms with Gasteiger partial charge in [0.05, 0.1) is 35.9 Å². The standard InChI is InChI=1S/C17H19N9O4S3.C2HF3O2/c1-20-7-8-21-33(29,30)12-6-5-9(10-3-2-4-11-14(10)22-17(18)31-11)13(15(12)32(19,27)28)16-23-25-26-24-16;3-2(4,5)1(6)7/h2-6,20-21H,7-8H2,1H3,(H2,18,22)(H2,19,27,28)(H,23,24,25,26);(H,6,7). The van der Waals surface area contributed by atoms with Crippen LogP contribution in [0.5, 0.6) is 0 Å². The highest BCUT2D eigenvalue weighted by atomic mass is 32.2. The topological polar surface area (TPSA) is 256 Å². The smallest absolute Gasteiger partial charge is 0.430 e. The number of hydrogen-bond donors (Lipinski definition) is 5. The number of halogens is 3. The number of likely N-dealkylation sites (N-methyl/N-ethyl adjacent to an activating group) is 1. The first-order valence-corrected chi connectivity index (χ1v) is 14.6. The van der Waals surface area contributed by atoms with Gasteiger partial charge < -0.3 is 21.0 Å². The van der Waals surface area contributed by atoms with Crippen molar-refractivity contribution in [3.63, 3.8) is 0 Å². The largest absolute Gasteiger partial charge is 0.542 e. The Morgan fingerprint density at radius 3 is 2.40 bits per heavy atom. The SMILES string of the molecule is C[NH2+]CCNS(=O)(=O)c1ccc(-c2cccc3sc(N)nc23)c(-c2nn[nH]n2)c1S(N)(=O)=O.O=C([O-])C(F)(F)F. The second-order valence-electron chi connectivity index (χ2n) is 7.68. The fourth-order valence-corrected chi connectivity index (χ4v) is 6.78. The van der Waals surface area contributed by atoms with Crippen LogP contribution in [0.1, 0.15) is 0 Å². The minimum atomic E-state index is -5.19. The average molecular weight is 624 g/mol. The van der Waals surface area contributed by atoms with Crippen molar-refractivity contribution < 1.29 is 45.2 Å². The number of quaternary nitrogens is 1. The van der Waals surface area contributed by atoms with Crippen LogP contribution in [0.25, 0.3) is 32.7 Å². The van der Waals surface area contributed by atoms with Gasteiger partial charge in [0.1, 0.15) is 15.8 Å². The lowest BCUT2D eigenvalue weighted by molar-refractivity contribution is -0.624. The van der Waals surface area contributed by atoms with Gasteiger partial charge in [-0.25, -0.2) is 31.7 Å². The summed E-state index contributed by atoms with van der Waals surface area (Å²) in [5, 5.41) is 30.0. The van der Waals surface area contributed by atoms with Gasteiger partial charge in [-0.15, -0.1) is 10.2 Å². The summed E-state index contributed by atoms with van der Waals surface area (Å²) in [6.45, 7) is 0.534. The number of aromatic nitrogens is 5. The number of nitrogens with one attached hydrogen (secondary N) is 2. The lowest BCUT2D eigenvalue weighted by Crippen LogP contribution is -2.81. The average Bonchev–Trinajstić information content (AvgIpc) is 3.51. The summed E-state index contributed by atoms with van der Waals surface area (Å²) < 4.78 is 86.3. The number of benzene rings is 2. The molecule has 0 radical (unpaired) electrons. The Morgan fingerprint density at radius 2 is 1.85 bits per heavy atom. The number of sulfonamides is 2. The highest BCUT2D eigenvalue weighted by Gasteiger charge is 2.32. The molecule has 0 bridgehead atoms. The second-order valence-corrected chi connectivity index (χ2v) is 12.0. The molecule has 4 rings (SSSR count). The summed E-state index contributed by atoms with van der Waals surface area (Å²) in [7, 11) is -7.04. The van der Waals surface area contributed by atoms with E-state index in [1.165, 1.54) is 23.5 Å². The van der Waals surface area contributed by atoms with Crippen molar-refractivity contribution in [2.45, 2.75) is 16.0 Å². The van der Waals surface area contributed by atoms with Gasteiger partial charge in [-0.3, -0.25) is 0 Å². The van der Waals surface area contributed by atoms with Crippen LogP contribution in [-0.2, 0) is 24.8 Å². The number of carboxylic acid groups (broad SMARTS) is 1. The van der Waals surface area contributed by atoms with E-state index in [1.54, 1.807) is 24.5 Å². The molecule has 0 saturated carbocycles. The van der Waals surface area contributed by atoms with E-state index in [1.807, 2.05) is 6.07 Å². The number of fused-ring (bicyclic) bond motifs is 1. The van der Waals surface area contributed by atoms with Crippen LogP contribution in [0.4, 0.5) is 18.3 Å². The zero-order valence-corrected chi connectivity index (χ0v) is 22.6. The Labute approximate surface area is 227 Å². The maximum absolute atomic E-state index is 13.0. The number of H-pyrrole nitrogens is 1. The van der Waals surface area contributed by atoms with Crippen molar-refractivity contribution in [2.75, 3.05) is 25.9 Å². The minimum Gasteiger partial charge on any atom is -0.542 e. The molecule has 2 aromatic heterocycles. The number of hydrogen-bond acceptors (Lipinski definition) is 12. The molecular weight excluding hydrogens is 603 g/mol. The van der Waals surface area contributed by atoms with Gasteiger partial charge in [0, 0.05) is 5.56 Å². The van der Waals surface area contributed by atoms with Gasteiger partial charge in [-0.1, -0.05) is 29.5 Å². The third-order valence-electron chi connectivity index (χ3n) is 4.95. The molecule has 0 saturated heterocycles. The summed E-state index contributed by atoms with van der Waals surface area (Å²) in [5.74, 6) is -3.15. The molecule has 2 heterocycles. The molecule has 216 valence electrons. The highest BCUT2D eigenvalue weighted by molar-refractivity contribution is 7.92. The monoisotopic (exact) mass is 623 g/mol. The first kappa shape index (κ1) is 30.8. The number of carboxylic acids is 1. The lowest BCUT2D eigenvalue weighted by atomic mass is 9.98. The van der Waals surface area contributed by atoms with Crippen molar-refractivity contribution >= 4 is 52.7 Å². The Balaban J connectivity index is 0.000000559. The number of tetrazole rings is 1. The van der Waals surface area contributed by atoms with Crippen LogP contribution < -0.4 is 26.0 Å². The minimum absolute atomic E-state index is 0.0829. The number of carbonyl (C=O) groups is 1.